The molecule has 0 spiro atoms. The Morgan fingerprint density at radius 2 is 2.07 bits per heavy atom. The Morgan fingerprint density at radius 3 is 2.67 bits per heavy atom. The molecule has 0 bridgehead atoms. The van der Waals surface area contributed by atoms with E-state index in [0.29, 0.717) is 11.3 Å². The van der Waals surface area contributed by atoms with Gasteiger partial charge < -0.3 is 4.98 Å². The monoisotopic (exact) mass is 227 g/mol. The van der Waals surface area contributed by atoms with E-state index in [2.05, 4.69) is 4.98 Å². The lowest BCUT2D eigenvalue weighted by atomic mass is 10.1. The van der Waals surface area contributed by atoms with Gasteiger partial charge in [-0.3, -0.25) is 9.59 Å². The van der Waals surface area contributed by atoms with Crippen LogP contribution in [-0.4, -0.2) is 19.2 Å². The highest BCUT2D eigenvalue weighted by molar-refractivity contribution is 7.90. The summed E-state index contributed by atoms with van der Waals surface area (Å²) in [5.41, 5.74) is 0.439. The van der Waals surface area contributed by atoms with Crippen LogP contribution in [0.25, 0.3) is 0 Å². The quantitative estimate of drug-likeness (QED) is 0.685. The number of carbonyl (C=O) groups is 1. The van der Waals surface area contributed by atoms with Crippen molar-refractivity contribution in [3.8, 4) is 0 Å². The van der Waals surface area contributed by atoms with Gasteiger partial charge in [-0.25, -0.2) is 8.42 Å². The van der Waals surface area contributed by atoms with Gasteiger partial charge in [-0.2, -0.15) is 0 Å². The Balaban J connectivity index is 2.65. The van der Waals surface area contributed by atoms with Gasteiger partial charge in [-0.15, -0.1) is 0 Å². The van der Waals surface area contributed by atoms with Crippen LogP contribution in [0.1, 0.15) is 28.5 Å². The summed E-state index contributed by atoms with van der Waals surface area (Å²) in [7, 11) is -3.15. The molecule has 1 N–H and O–H groups in total. The molecule has 1 aliphatic heterocycles. The molecule has 0 saturated carbocycles. The number of H-pyrrole nitrogens is 1. The Kier molecular flexibility index (Phi) is 2.04. The molecule has 0 aliphatic carbocycles. The molecule has 80 valence electrons. The van der Waals surface area contributed by atoms with Crippen molar-refractivity contribution < 1.29 is 13.2 Å². The number of sulfone groups is 1. The molecule has 1 aromatic heterocycles. The Bertz CT molecular complexity index is 597. The molecule has 2 heterocycles. The first-order valence-electron chi connectivity index (χ1n) is 4.35. The van der Waals surface area contributed by atoms with E-state index in [4.69, 9.17) is 0 Å². The largest absolute Gasteiger partial charge is 0.324 e. The fourth-order valence-corrected chi connectivity index (χ4v) is 3.17. The van der Waals surface area contributed by atoms with Crippen molar-refractivity contribution in [2.45, 2.75) is 18.4 Å². The predicted molar refractivity (Wildman–Crippen MR) is 53.4 cm³/mol. The zero-order valence-electron chi connectivity index (χ0n) is 8.03. The molecule has 6 heteroatoms. The van der Waals surface area contributed by atoms with E-state index in [1.165, 1.54) is 13.0 Å². The molecule has 5 nitrogen and oxygen atoms in total. The molecule has 0 radical (unpaired) electrons. The summed E-state index contributed by atoms with van der Waals surface area (Å²) in [6, 6.07) is 1.38. The highest BCUT2D eigenvalue weighted by atomic mass is 32.2. The number of ketones is 1. The van der Waals surface area contributed by atoms with Gasteiger partial charge in [-0.1, -0.05) is 0 Å². The maximum absolute atomic E-state index is 11.4. The Labute approximate surface area is 86.1 Å². The number of Topliss-reactive ketones (excluding diaryl/α,β-unsaturated/α-hetero) is 1. The Hall–Kier alpha value is -1.43. The van der Waals surface area contributed by atoms with E-state index < -0.39 is 15.4 Å². The normalized spacial score (nSPS) is 17.4. The van der Waals surface area contributed by atoms with Crippen LogP contribution < -0.4 is 5.56 Å². The van der Waals surface area contributed by atoms with E-state index in [1.54, 1.807) is 0 Å². The Morgan fingerprint density at radius 1 is 1.40 bits per heavy atom. The molecule has 0 aromatic carbocycles. The number of aromatic amines is 1. The molecule has 0 amide bonds. The number of hydrogen-bond donors (Lipinski definition) is 1. The van der Waals surface area contributed by atoms with Gasteiger partial charge in [0.25, 0.3) is 5.56 Å². The van der Waals surface area contributed by atoms with Crippen molar-refractivity contribution in [1.82, 2.24) is 4.98 Å². The second-order valence-electron chi connectivity index (χ2n) is 3.60. The van der Waals surface area contributed by atoms with Gasteiger partial charge >= 0.3 is 0 Å². The summed E-state index contributed by atoms with van der Waals surface area (Å²) < 4.78 is 22.5. The topological polar surface area (TPSA) is 84.1 Å². The van der Waals surface area contributed by atoms with E-state index in [9.17, 15) is 18.0 Å². The van der Waals surface area contributed by atoms with Gasteiger partial charge in [0.15, 0.2) is 15.6 Å². The second-order valence-corrected chi connectivity index (χ2v) is 5.67. The minimum Gasteiger partial charge on any atom is -0.324 e. The van der Waals surface area contributed by atoms with Crippen LogP contribution >= 0.6 is 0 Å². The average molecular weight is 227 g/mol. The lowest BCUT2D eigenvalue weighted by Gasteiger charge is -1.98. The molecule has 1 aliphatic rings. The van der Waals surface area contributed by atoms with Crippen molar-refractivity contribution in [2.75, 3.05) is 0 Å². The average Bonchev–Trinajstić information content (AvgIpc) is 2.36. The first-order valence-corrected chi connectivity index (χ1v) is 6.17. The van der Waals surface area contributed by atoms with Crippen molar-refractivity contribution >= 4 is 15.6 Å². The number of aromatic nitrogens is 1. The van der Waals surface area contributed by atoms with E-state index in [1.807, 2.05) is 0 Å². The number of carbonyl (C=O) groups excluding carboxylic acids is 1. The zero-order chi connectivity index (χ0) is 11.2. The summed E-state index contributed by atoms with van der Waals surface area (Å²) in [4.78, 5) is 24.9. The fraction of sp³-hybridized carbons (Fsp3) is 0.333. The van der Waals surface area contributed by atoms with Gasteiger partial charge in [0, 0.05) is 5.69 Å². The molecule has 0 fully saturated rings. The third kappa shape index (κ3) is 1.72. The maximum atomic E-state index is 11.4. The third-order valence-corrected chi connectivity index (χ3v) is 3.81. The van der Waals surface area contributed by atoms with Gasteiger partial charge in [0.2, 0.25) is 0 Å². The SMILES string of the molecule is CC(=O)c1cc2c([nH]c1=O)CS(=O)(=O)C2. The number of fused-ring (bicyclic) bond motifs is 1. The van der Waals surface area contributed by atoms with E-state index in [0.717, 1.165) is 0 Å². The van der Waals surface area contributed by atoms with Crippen LogP contribution in [0.2, 0.25) is 0 Å². The number of hydrogen-bond acceptors (Lipinski definition) is 4. The number of pyridine rings is 1. The third-order valence-electron chi connectivity index (χ3n) is 2.33. The van der Waals surface area contributed by atoms with Crippen LogP contribution in [0.4, 0.5) is 0 Å². The number of rotatable bonds is 1. The fourth-order valence-electron chi connectivity index (χ4n) is 1.64. The van der Waals surface area contributed by atoms with Crippen LogP contribution in [0.15, 0.2) is 10.9 Å². The molecular weight excluding hydrogens is 218 g/mol. The summed E-state index contributed by atoms with van der Waals surface area (Å²) in [6.45, 7) is 1.28. The van der Waals surface area contributed by atoms with Crippen LogP contribution in [0.3, 0.4) is 0 Å². The summed E-state index contributed by atoms with van der Waals surface area (Å²) >= 11 is 0. The summed E-state index contributed by atoms with van der Waals surface area (Å²) in [5, 5.41) is 0. The molecule has 2 rings (SSSR count). The van der Waals surface area contributed by atoms with Crippen molar-refractivity contribution in [3.63, 3.8) is 0 Å². The predicted octanol–water partition coefficient (Wildman–Crippen LogP) is 0.00590. The second kappa shape index (κ2) is 3.03. The molecule has 0 unspecified atom stereocenters. The summed E-state index contributed by atoms with van der Waals surface area (Å²) in [6.07, 6.45) is 0. The lowest BCUT2D eigenvalue weighted by Crippen LogP contribution is -2.17. The van der Waals surface area contributed by atoms with Crippen LogP contribution in [0.5, 0.6) is 0 Å². The molecule has 0 saturated heterocycles. The van der Waals surface area contributed by atoms with Crippen LogP contribution in [0, 0.1) is 0 Å². The molecule has 15 heavy (non-hydrogen) atoms. The van der Waals surface area contributed by atoms with Gasteiger partial charge in [0.1, 0.15) is 0 Å². The van der Waals surface area contributed by atoms with Crippen molar-refractivity contribution in [2.24, 2.45) is 0 Å². The van der Waals surface area contributed by atoms with Gasteiger partial charge in [0.05, 0.1) is 17.1 Å². The van der Waals surface area contributed by atoms with E-state index in [-0.39, 0.29) is 22.9 Å². The van der Waals surface area contributed by atoms with Crippen molar-refractivity contribution in [3.05, 3.63) is 33.2 Å². The smallest absolute Gasteiger partial charge is 0.259 e. The van der Waals surface area contributed by atoms with Gasteiger partial charge in [-0.05, 0) is 18.6 Å². The minimum atomic E-state index is -3.15. The zero-order valence-corrected chi connectivity index (χ0v) is 8.85. The number of nitrogens with one attached hydrogen (secondary N) is 1. The summed E-state index contributed by atoms with van der Waals surface area (Å²) in [5.74, 6) is -0.599. The van der Waals surface area contributed by atoms with Crippen molar-refractivity contribution in [1.29, 1.82) is 0 Å². The molecular formula is C9H9NO4S. The molecule has 1 aromatic rings. The standard InChI is InChI=1S/C9H9NO4S/c1-5(11)7-2-6-3-15(13,14)4-8(6)10-9(7)12/h2H,3-4H2,1H3,(H,10,12). The molecule has 0 atom stereocenters. The maximum Gasteiger partial charge on any atom is 0.259 e. The minimum absolute atomic E-state index is 0.0193. The highest BCUT2D eigenvalue weighted by Gasteiger charge is 2.26. The van der Waals surface area contributed by atoms with E-state index >= 15 is 0 Å². The first-order chi connectivity index (χ1) is 6.89. The van der Waals surface area contributed by atoms with Crippen LogP contribution in [-0.2, 0) is 21.3 Å². The lowest BCUT2D eigenvalue weighted by molar-refractivity contribution is 0.101. The highest BCUT2D eigenvalue weighted by Crippen LogP contribution is 2.22. The first kappa shape index (κ1) is 10.1.